The maximum atomic E-state index is 12.9. The summed E-state index contributed by atoms with van der Waals surface area (Å²) >= 11 is 1.53. The molecule has 0 aliphatic carbocycles. The van der Waals surface area contributed by atoms with Crippen LogP contribution in [0, 0.1) is 11.8 Å². The Morgan fingerprint density at radius 1 is 0.763 bits per heavy atom. The molecule has 0 aliphatic heterocycles. The number of amides is 4. The van der Waals surface area contributed by atoms with Crippen LogP contribution < -0.4 is 27.0 Å². The maximum Gasteiger partial charge on any atom is 0.326 e. The molecular weight excluding hydrogens is 518 g/mol. The molecule has 13 nitrogen and oxygen atoms in total. The highest BCUT2D eigenvalue weighted by atomic mass is 32.2. The lowest BCUT2D eigenvalue weighted by molar-refractivity contribution is -0.143. The van der Waals surface area contributed by atoms with Crippen LogP contribution in [-0.4, -0.2) is 99.8 Å². The Morgan fingerprint density at radius 2 is 1.24 bits per heavy atom. The molecule has 0 aromatic rings. The second kappa shape index (κ2) is 18.0. The molecule has 9 N–H and O–H groups in total. The number of carboxylic acids is 1. The number of nitrogens with one attached hydrogen (secondary N) is 4. The first-order chi connectivity index (χ1) is 17.6. The van der Waals surface area contributed by atoms with Crippen molar-refractivity contribution in [2.24, 2.45) is 17.6 Å². The molecule has 0 radical (unpaired) electrons. The number of carbonyl (C=O) groups is 5. The Bertz CT molecular complexity index is 796. The van der Waals surface area contributed by atoms with Crippen LogP contribution in [0.15, 0.2) is 0 Å². The van der Waals surface area contributed by atoms with Crippen LogP contribution in [0.4, 0.5) is 0 Å². The minimum Gasteiger partial charge on any atom is -0.480 e. The molecule has 0 saturated carbocycles. The molecule has 14 heteroatoms. The molecule has 0 rings (SSSR count). The van der Waals surface area contributed by atoms with Gasteiger partial charge in [0.05, 0.1) is 18.8 Å². The summed E-state index contributed by atoms with van der Waals surface area (Å²) in [5.74, 6) is -3.85. The average molecular weight is 564 g/mol. The fourth-order valence-electron chi connectivity index (χ4n) is 3.44. The van der Waals surface area contributed by atoms with Gasteiger partial charge in [0.15, 0.2) is 0 Å². The van der Waals surface area contributed by atoms with E-state index in [-0.39, 0.29) is 24.7 Å². The van der Waals surface area contributed by atoms with Crippen LogP contribution in [0.3, 0.4) is 0 Å². The standard InChI is InChI=1S/C24H45N5O8S/c1-12(2)9-16(26-20(32)15(25)7-8-38-6)21(33)28-18(11-30)22(34)29-19(14(5)31)23(35)27-17(24(36)37)10-13(3)4/h12-19,30-31H,7-11,25H2,1-6H3,(H,26,32)(H,27,35)(H,28,33)(H,29,34)(H,36,37)/t14-,15+,16+,17+,18+,19+/m1/s1. The van der Waals surface area contributed by atoms with Crippen molar-refractivity contribution in [3.63, 3.8) is 0 Å². The van der Waals surface area contributed by atoms with E-state index in [4.69, 9.17) is 5.73 Å². The lowest BCUT2D eigenvalue weighted by atomic mass is 10.0. The van der Waals surface area contributed by atoms with E-state index in [0.29, 0.717) is 12.2 Å². The van der Waals surface area contributed by atoms with Crippen molar-refractivity contribution in [1.29, 1.82) is 0 Å². The summed E-state index contributed by atoms with van der Waals surface area (Å²) in [6, 6.07) is -6.16. The average Bonchev–Trinajstić information content (AvgIpc) is 2.81. The zero-order valence-corrected chi connectivity index (χ0v) is 23.8. The molecule has 6 atom stereocenters. The summed E-state index contributed by atoms with van der Waals surface area (Å²) in [6.07, 6.45) is 1.23. The van der Waals surface area contributed by atoms with Gasteiger partial charge in [-0.1, -0.05) is 27.7 Å². The van der Waals surface area contributed by atoms with Crippen molar-refractivity contribution in [1.82, 2.24) is 21.3 Å². The molecule has 4 amide bonds. The number of rotatable bonds is 18. The number of thioether (sulfide) groups is 1. The van der Waals surface area contributed by atoms with Gasteiger partial charge in [-0.3, -0.25) is 19.2 Å². The number of hydrogen-bond donors (Lipinski definition) is 8. The first kappa shape index (κ1) is 35.6. The summed E-state index contributed by atoms with van der Waals surface area (Å²) in [5.41, 5.74) is 5.89. The molecule has 0 aromatic carbocycles. The lowest BCUT2D eigenvalue weighted by Gasteiger charge is -2.27. The molecule has 0 spiro atoms. The number of aliphatic hydroxyl groups is 2. The minimum absolute atomic E-state index is 0.00814. The van der Waals surface area contributed by atoms with Crippen LogP contribution in [0.1, 0.15) is 53.9 Å². The Kier molecular flexibility index (Phi) is 16.8. The number of carbonyl (C=O) groups excluding carboxylic acids is 4. The molecule has 0 fully saturated rings. The SMILES string of the molecule is CSCC[C@H](N)C(=O)N[C@@H](CC(C)C)C(=O)N[C@@H](CO)C(=O)N[C@H](C(=O)N[C@@H](CC(C)C)C(=O)O)[C@@H](C)O. The van der Waals surface area contributed by atoms with Crippen LogP contribution in [0.2, 0.25) is 0 Å². The molecule has 0 unspecified atom stereocenters. The Labute approximate surface area is 228 Å². The largest absolute Gasteiger partial charge is 0.480 e. The van der Waals surface area contributed by atoms with Gasteiger partial charge in [-0.05, 0) is 50.0 Å². The van der Waals surface area contributed by atoms with Crippen molar-refractivity contribution in [2.75, 3.05) is 18.6 Å². The van der Waals surface area contributed by atoms with Gasteiger partial charge in [-0.25, -0.2) is 4.79 Å². The normalized spacial score (nSPS) is 16.1. The quantitative estimate of drug-likeness (QED) is 0.0970. The van der Waals surface area contributed by atoms with Gasteiger partial charge in [0.1, 0.15) is 24.2 Å². The van der Waals surface area contributed by atoms with Crippen LogP contribution >= 0.6 is 11.8 Å². The Hall–Kier alpha value is -2.42. The third-order valence-electron chi connectivity index (χ3n) is 5.51. The minimum atomic E-state index is -1.55. The Morgan fingerprint density at radius 3 is 1.68 bits per heavy atom. The number of nitrogens with two attached hydrogens (primary N) is 1. The molecular formula is C24H45N5O8S. The molecule has 0 bridgehead atoms. The van der Waals surface area contributed by atoms with Gasteiger partial charge in [-0.2, -0.15) is 11.8 Å². The van der Waals surface area contributed by atoms with Gasteiger partial charge in [0, 0.05) is 0 Å². The fraction of sp³-hybridized carbons (Fsp3) is 0.792. The van der Waals surface area contributed by atoms with Gasteiger partial charge in [0.2, 0.25) is 23.6 Å². The molecule has 38 heavy (non-hydrogen) atoms. The van der Waals surface area contributed by atoms with E-state index < -0.39 is 72.5 Å². The van der Waals surface area contributed by atoms with E-state index in [0.717, 1.165) is 0 Å². The lowest BCUT2D eigenvalue weighted by Crippen LogP contribution is -2.61. The first-order valence-corrected chi connectivity index (χ1v) is 14.0. The number of carboxylic acid groups (broad SMARTS) is 1. The highest BCUT2D eigenvalue weighted by molar-refractivity contribution is 7.98. The summed E-state index contributed by atoms with van der Waals surface area (Å²) in [4.78, 5) is 62.4. The zero-order chi connectivity index (χ0) is 29.6. The van der Waals surface area contributed by atoms with Crippen LogP contribution in [0.25, 0.3) is 0 Å². The third kappa shape index (κ3) is 13.4. The highest BCUT2D eigenvalue weighted by Crippen LogP contribution is 2.08. The van der Waals surface area contributed by atoms with Gasteiger partial charge < -0.3 is 42.3 Å². The predicted octanol–water partition coefficient (Wildman–Crippen LogP) is -1.44. The summed E-state index contributed by atoms with van der Waals surface area (Å²) < 4.78 is 0. The van der Waals surface area contributed by atoms with E-state index in [1.54, 1.807) is 13.8 Å². The summed E-state index contributed by atoms with van der Waals surface area (Å²) in [7, 11) is 0. The van der Waals surface area contributed by atoms with Crippen LogP contribution in [-0.2, 0) is 24.0 Å². The second-order valence-electron chi connectivity index (χ2n) is 10.1. The summed E-state index contributed by atoms with van der Waals surface area (Å²) in [6.45, 7) is 7.61. The van der Waals surface area contributed by atoms with Crippen molar-refractivity contribution >= 4 is 41.4 Å². The van der Waals surface area contributed by atoms with E-state index in [1.807, 2.05) is 20.1 Å². The highest BCUT2D eigenvalue weighted by Gasteiger charge is 2.33. The molecule has 0 saturated heterocycles. The molecule has 220 valence electrons. The second-order valence-corrected chi connectivity index (χ2v) is 11.1. The predicted molar refractivity (Wildman–Crippen MR) is 144 cm³/mol. The van der Waals surface area contributed by atoms with Crippen molar-refractivity contribution in [3.8, 4) is 0 Å². The van der Waals surface area contributed by atoms with E-state index >= 15 is 0 Å². The maximum absolute atomic E-state index is 12.9. The van der Waals surface area contributed by atoms with Gasteiger partial charge >= 0.3 is 5.97 Å². The molecule has 0 aromatic heterocycles. The van der Waals surface area contributed by atoms with E-state index in [9.17, 15) is 39.3 Å². The number of aliphatic hydroxyl groups excluding tert-OH is 2. The molecule has 0 aliphatic rings. The number of aliphatic carboxylic acids is 1. The first-order valence-electron chi connectivity index (χ1n) is 12.6. The monoisotopic (exact) mass is 563 g/mol. The zero-order valence-electron chi connectivity index (χ0n) is 23.0. The third-order valence-corrected chi connectivity index (χ3v) is 6.15. The fourth-order valence-corrected chi connectivity index (χ4v) is 3.93. The van der Waals surface area contributed by atoms with E-state index in [2.05, 4.69) is 21.3 Å². The summed E-state index contributed by atoms with van der Waals surface area (Å²) in [5, 5.41) is 38.7. The Balaban J connectivity index is 5.48. The van der Waals surface area contributed by atoms with Crippen LogP contribution in [0.5, 0.6) is 0 Å². The topological polar surface area (TPSA) is 220 Å². The van der Waals surface area contributed by atoms with Crippen molar-refractivity contribution < 1.29 is 39.3 Å². The van der Waals surface area contributed by atoms with E-state index in [1.165, 1.54) is 18.7 Å². The van der Waals surface area contributed by atoms with Crippen molar-refractivity contribution in [3.05, 3.63) is 0 Å². The van der Waals surface area contributed by atoms with Gasteiger partial charge in [0.25, 0.3) is 0 Å². The smallest absolute Gasteiger partial charge is 0.326 e. The van der Waals surface area contributed by atoms with Gasteiger partial charge in [-0.15, -0.1) is 0 Å². The number of hydrogen-bond acceptors (Lipinski definition) is 9. The molecule has 0 heterocycles. The van der Waals surface area contributed by atoms with Crippen molar-refractivity contribution in [2.45, 2.75) is 90.2 Å².